The highest BCUT2D eigenvalue weighted by Gasteiger charge is 2.43. The summed E-state index contributed by atoms with van der Waals surface area (Å²) in [6.07, 6.45) is 8.18. The molecule has 5 atom stereocenters. The number of amides is 1. The van der Waals surface area contributed by atoms with Crippen LogP contribution in [0.5, 0.6) is 5.75 Å². The largest absolute Gasteiger partial charge is 0.496 e. The van der Waals surface area contributed by atoms with E-state index in [1.54, 1.807) is 36.6 Å². The summed E-state index contributed by atoms with van der Waals surface area (Å²) in [5.41, 5.74) is -1.09. The minimum absolute atomic E-state index is 0.0652. The predicted molar refractivity (Wildman–Crippen MR) is 182 cm³/mol. The molecule has 0 spiro atoms. The van der Waals surface area contributed by atoms with E-state index >= 15 is 0 Å². The standard InChI is InChI=1S/C36H44N4O7S/c1-21-29-32(42)40(36(2,3)34(43)38-13-8-5-9-14-38)35(44)39(33(29)48-30(21)31-37-12-15-46-31)20-28(26-10-6-7-11-27(26)45-4)47-25-18-22-16-24(41)17-23(22)19-25/h6-7,10-12,15,22-25,28,41H,5,8-9,13-14,16-20H2,1-4H3/t22-,23+,24-,25+,28?. The molecule has 2 aliphatic carbocycles. The smallest absolute Gasteiger partial charge is 0.333 e. The Labute approximate surface area is 283 Å². The van der Waals surface area contributed by atoms with Gasteiger partial charge in [-0.25, -0.2) is 14.3 Å². The van der Waals surface area contributed by atoms with Crippen LogP contribution in [0.15, 0.2) is 50.7 Å². The van der Waals surface area contributed by atoms with E-state index in [-0.39, 0.29) is 24.7 Å². The summed E-state index contributed by atoms with van der Waals surface area (Å²) >= 11 is 1.28. The fraction of sp³-hybridized carbons (Fsp3) is 0.556. The van der Waals surface area contributed by atoms with Crippen molar-refractivity contribution in [3.63, 3.8) is 0 Å². The van der Waals surface area contributed by atoms with Crippen LogP contribution in [-0.4, -0.2) is 62.4 Å². The molecule has 12 heteroatoms. The first-order valence-corrected chi connectivity index (χ1v) is 17.8. The Morgan fingerprint density at radius 3 is 2.48 bits per heavy atom. The maximum absolute atomic E-state index is 14.8. The van der Waals surface area contributed by atoms with Gasteiger partial charge in [0.25, 0.3) is 5.56 Å². The third-order valence-corrected chi connectivity index (χ3v) is 12.0. The summed E-state index contributed by atoms with van der Waals surface area (Å²) in [4.78, 5) is 50.6. The summed E-state index contributed by atoms with van der Waals surface area (Å²) in [6.45, 7) is 6.45. The molecule has 11 nitrogen and oxygen atoms in total. The quantitative estimate of drug-likeness (QED) is 0.255. The number of aliphatic hydroxyl groups excluding tert-OH is 1. The Morgan fingerprint density at radius 1 is 1.10 bits per heavy atom. The normalized spacial score (nSPS) is 23.5. The van der Waals surface area contributed by atoms with Crippen molar-refractivity contribution in [2.75, 3.05) is 20.2 Å². The van der Waals surface area contributed by atoms with E-state index in [4.69, 9.17) is 13.9 Å². The average Bonchev–Trinajstić information content (AvgIpc) is 3.87. The number of aliphatic hydroxyl groups is 1. The SMILES string of the molecule is COc1ccccc1C(Cn1c(=O)n(C(C)(C)C(=O)N2CCCCC2)c(=O)c2c(C)c(-c3ncco3)sc21)O[C@H]1C[C@H]2C[C@@H](O)C[C@H]2C1. The summed E-state index contributed by atoms with van der Waals surface area (Å²) in [5, 5.41) is 10.6. The van der Waals surface area contributed by atoms with Gasteiger partial charge in [-0.05, 0) is 89.2 Å². The van der Waals surface area contributed by atoms with Gasteiger partial charge in [0.1, 0.15) is 28.5 Å². The molecule has 48 heavy (non-hydrogen) atoms. The van der Waals surface area contributed by atoms with Crippen LogP contribution < -0.4 is 16.0 Å². The first-order chi connectivity index (χ1) is 23.1. The Morgan fingerprint density at radius 2 is 1.81 bits per heavy atom. The molecule has 0 bridgehead atoms. The molecule has 1 aliphatic heterocycles. The number of para-hydroxylation sites is 1. The van der Waals surface area contributed by atoms with Crippen LogP contribution in [-0.2, 0) is 21.6 Å². The van der Waals surface area contributed by atoms with Gasteiger partial charge in [-0.15, -0.1) is 11.3 Å². The van der Waals surface area contributed by atoms with E-state index in [9.17, 15) is 19.5 Å². The second-order valence-corrected chi connectivity index (χ2v) is 15.1. The zero-order chi connectivity index (χ0) is 33.7. The first-order valence-electron chi connectivity index (χ1n) is 17.0. The van der Waals surface area contributed by atoms with Crippen molar-refractivity contribution < 1.29 is 23.8 Å². The highest BCUT2D eigenvalue weighted by atomic mass is 32.1. The van der Waals surface area contributed by atoms with Crippen LogP contribution in [0.1, 0.15) is 76.0 Å². The highest BCUT2D eigenvalue weighted by molar-refractivity contribution is 7.22. The topological polar surface area (TPSA) is 129 Å². The number of aryl methyl sites for hydroxylation is 1. The third kappa shape index (κ3) is 5.71. The molecule has 0 radical (unpaired) electrons. The van der Waals surface area contributed by atoms with Crippen LogP contribution in [0.4, 0.5) is 0 Å². The van der Waals surface area contributed by atoms with Crippen molar-refractivity contribution in [1.29, 1.82) is 0 Å². The zero-order valence-electron chi connectivity index (χ0n) is 28.0. The summed E-state index contributed by atoms with van der Waals surface area (Å²) in [5.74, 6) is 1.57. The molecule has 3 aromatic heterocycles. The van der Waals surface area contributed by atoms with Crippen molar-refractivity contribution >= 4 is 27.5 Å². The predicted octanol–water partition coefficient (Wildman–Crippen LogP) is 5.25. The number of hydrogen-bond donors (Lipinski definition) is 1. The van der Waals surface area contributed by atoms with Crippen LogP contribution in [0, 0.1) is 18.8 Å². The maximum Gasteiger partial charge on any atom is 0.333 e. The third-order valence-electron chi connectivity index (χ3n) is 10.7. The Bertz CT molecular complexity index is 1910. The number of fused-ring (bicyclic) bond motifs is 2. The van der Waals surface area contributed by atoms with Gasteiger partial charge in [-0.3, -0.25) is 14.2 Å². The van der Waals surface area contributed by atoms with Gasteiger partial charge in [0.15, 0.2) is 0 Å². The second-order valence-electron chi connectivity index (χ2n) is 14.1. The van der Waals surface area contributed by atoms with Gasteiger partial charge >= 0.3 is 5.69 Å². The minimum atomic E-state index is -1.44. The molecule has 3 fully saturated rings. The second kappa shape index (κ2) is 12.9. The van der Waals surface area contributed by atoms with E-state index in [1.165, 1.54) is 17.6 Å². The Hall–Kier alpha value is -3.74. The van der Waals surface area contributed by atoms with Crippen LogP contribution in [0.25, 0.3) is 21.0 Å². The number of ether oxygens (including phenoxy) is 2. The number of carbonyl (C=O) groups is 1. The summed E-state index contributed by atoms with van der Waals surface area (Å²) < 4.78 is 21.1. The number of thiophene rings is 1. The lowest BCUT2D eigenvalue weighted by atomic mass is 10.00. The molecule has 1 aromatic carbocycles. The number of carbonyl (C=O) groups excluding carboxylic acids is 1. The van der Waals surface area contributed by atoms with Gasteiger partial charge in [0.05, 0.1) is 42.3 Å². The van der Waals surface area contributed by atoms with Gasteiger partial charge < -0.3 is 23.9 Å². The molecule has 256 valence electrons. The van der Waals surface area contributed by atoms with Crippen molar-refractivity contribution in [1.82, 2.24) is 19.0 Å². The van der Waals surface area contributed by atoms with E-state index in [0.717, 1.165) is 55.1 Å². The highest BCUT2D eigenvalue weighted by Crippen LogP contribution is 2.47. The number of likely N-dealkylation sites (tertiary alicyclic amines) is 1. The van der Waals surface area contributed by atoms with E-state index < -0.39 is 22.9 Å². The van der Waals surface area contributed by atoms with Gasteiger partial charge in [0, 0.05) is 18.7 Å². The number of aromatic nitrogens is 3. The lowest BCUT2D eigenvalue weighted by Gasteiger charge is -2.35. The molecular formula is C36H44N4O7S. The molecule has 1 N–H and O–H groups in total. The Balaban J connectivity index is 1.38. The van der Waals surface area contributed by atoms with Gasteiger partial charge in [-0.1, -0.05) is 18.2 Å². The average molecular weight is 677 g/mol. The van der Waals surface area contributed by atoms with Crippen molar-refractivity contribution in [3.8, 4) is 16.5 Å². The summed E-state index contributed by atoms with van der Waals surface area (Å²) in [7, 11) is 1.61. The maximum atomic E-state index is 14.8. The minimum Gasteiger partial charge on any atom is -0.496 e. The van der Waals surface area contributed by atoms with Gasteiger partial charge in [-0.2, -0.15) is 0 Å². The molecule has 7 rings (SSSR count). The number of rotatable bonds is 9. The fourth-order valence-corrected chi connectivity index (χ4v) is 9.55. The Kier molecular flexibility index (Phi) is 8.84. The molecule has 1 unspecified atom stereocenters. The number of hydrogen-bond acceptors (Lipinski definition) is 9. The lowest BCUT2D eigenvalue weighted by molar-refractivity contribution is -0.140. The fourth-order valence-electron chi connectivity index (χ4n) is 8.30. The molecule has 1 saturated heterocycles. The van der Waals surface area contributed by atoms with Crippen molar-refractivity contribution in [2.24, 2.45) is 11.8 Å². The van der Waals surface area contributed by atoms with Crippen LogP contribution in [0.2, 0.25) is 0 Å². The number of piperidine rings is 1. The molecule has 1 amide bonds. The van der Waals surface area contributed by atoms with E-state index in [0.29, 0.717) is 57.2 Å². The number of oxazole rings is 1. The van der Waals surface area contributed by atoms with Crippen molar-refractivity contribution in [3.05, 3.63) is 68.7 Å². The summed E-state index contributed by atoms with van der Waals surface area (Å²) in [6, 6.07) is 7.64. The van der Waals surface area contributed by atoms with Crippen LogP contribution in [0.3, 0.4) is 0 Å². The molecule has 4 aromatic rings. The number of benzene rings is 1. The molecule has 3 aliphatic rings. The van der Waals surface area contributed by atoms with E-state index in [2.05, 4.69) is 4.98 Å². The van der Waals surface area contributed by atoms with Crippen molar-refractivity contribution in [2.45, 2.75) is 96.1 Å². The van der Waals surface area contributed by atoms with E-state index in [1.807, 2.05) is 31.2 Å². The van der Waals surface area contributed by atoms with Crippen LogP contribution >= 0.6 is 11.3 Å². The van der Waals surface area contributed by atoms with Gasteiger partial charge in [0.2, 0.25) is 11.8 Å². The first kappa shape index (κ1) is 32.8. The molecular weight excluding hydrogens is 632 g/mol. The monoisotopic (exact) mass is 676 g/mol. The number of methoxy groups -OCH3 is 1. The zero-order valence-corrected chi connectivity index (χ0v) is 28.8. The lowest BCUT2D eigenvalue weighted by Crippen LogP contribution is -2.57. The molecule has 2 saturated carbocycles. The molecule has 4 heterocycles. The number of nitrogens with zero attached hydrogens (tertiary/aromatic N) is 4.